The fraction of sp³-hybridized carbons (Fsp3) is 0.308. The molecule has 2 aromatic rings. The van der Waals surface area contributed by atoms with E-state index in [-0.39, 0.29) is 11.5 Å². The molecule has 10 heteroatoms. The van der Waals surface area contributed by atoms with E-state index >= 15 is 0 Å². The summed E-state index contributed by atoms with van der Waals surface area (Å²) in [5.74, 6) is 0.258. The summed E-state index contributed by atoms with van der Waals surface area (Å²) in [5, 5.41) is 7.92. The molecule has 0 aliphatic heterocycles. The van der Waals surface area contributed by atoms with Gasteiger partial charge in [-0.05, 0) is 12.0 Å². The normalized spacial score (nSPS) is 11.5. The molecule has 0 aliphatic rings. The standard InChI is InChI=1S/C13H16N4O3S3/c1-23(19,20)15-7-6-9-2-4-10(5-3-9)11(18)8-21-13-17-16-12(14)22-13/h2-5,15H,6-8H2,1H3,(H2,14,16). The van der Waals surface area contributed by atoms with Gasteiger partial charge in [0.1, 0.15) is 0 Å². The molecule has 7 nitrogen and oxygen atoms in total. The zero-order valence-electron chi connectivity index (χ0n) is 12.4. The van der Waals surface area contributed by atoms with Crippen molar-refractivity contribution in [2.45, 2.75) is 10.8 Å². The van der Waals surface area contributed by atoms with Crippen LogP contribution in [0.1, 0.15) is 15.9 Å². The van der Waals surface area contributed by atoms with Gasteiger partial charge in [0.05, 0.1) is 12.0 Å². The second-order valence-corrected chi connectivity index (χ2v) is 8.80. The number of hydrogen-bond acceptors (Lipinski definition) is 8. The lowest BCUT2D eigenvalue weighted by molar-refractivity contribution is 0.102. The number of carbonyl (C=O) groups is 1. The number of benzene rings is 1. The number of rotatable bonds is 8. The van der Waals surface area contributed by atoms with Gasteiger partial charge in [0.25, 0.3) is 0 Å². The van der Waals surface area contributed by atoms with Crippen LogP contribution >= 0.6 is 23.1 Å². The molecule has 3 N–H and O–H groups in total. The SMILES string of the molecule is CS(=O)(=O)NCCc1ccc(C(=O)CSc2nnc(N)s2)cc1. The van der Waals surface area contributed by atoms with Gasteiger partial charge in [0.2, 0.25) is 15.2 Å². The molecule has 0 atom stereocenters. The maximum atomic E-state index is 12.1. The summed E-state index contributed by atoms with van der Waals surface area (Å²) in [5.41, 5.74) is 7.05. The van der Waals surface area contributed by atoms with Crippen molar-refractivity contribution >= 4 is 44.0 Å². The van der Waals surface area contributed by atoms with Crippen molar-refractivity contribution in [2.75, 3.05) is 24.3 Å². The van der Waals surface area contributed by atoms with E-state index in [1.54, 1.807) is 12.1 Å². The number of Topliss-reactive ketones (excluding diaryl/α,β-unsaturated/α-hetero) is 1. The topological polar surface area (TPSA) is 115 Å². The molecule has 0 bridgehead atoms. The molecular formula is C13H16N4O3S3. The molecule has 0 fully saturated rings. The molecule has 124 valence electrons. The van der Waals surface area contributed by atoms with E-state index in [1.807, 2.05) is 12.1 Å². The highest BCUT2D eigenvalue weighted by Gasteiger charge is 2.09. The number of aromatic nitrogens is 2. The molecule has 0 saturated heterocycles. The monoisotopic (exact) mass is 372 g/mol. The molecule has 0 unspecified atom stereocenters. The minimum absolute atomic E-state index is 0.00965. The Morgan fingerprint density at radius 2 is 2.00 bits per heavy atom. The molecule has 0 spiro atoms. The molecular weight excluding hydrogens is 356 g/mol. The van der Waals surface area contributed by atoms with Gasteiger partial charge in [-0.3, -0.25) is 4.79 Å². The number of sulfonamides is 1. The summed E-state index contributed by atoms with van der Waals surface area (Å²) in [6.07, 6.45) is 1.69. The lowest BCUT2D eigenvalue weighted by atomic mass is 10.1. The van der Waals surface area contributed by atoms with Crippen LogP contribution in [0.2, 0.25) is 0 Å². The summed E-state index contributed by atoms with van der Waals surface area (Å²) >= 11 is 2.55. The number of nitrogens with one attached hydrogen (secondary N) is 1. The van der Waals surface area contributed by atoms with E-state index in [4.69, 9.17) is 5.73 Å². The maximum Gasteiger partial charge on any atom is 0.208 e. The Morgan fingerprint density at radius 1 is 1.30 bits per heavy atom. The average Bonchev–Trinajstić information content (AvgIpc) is 2.90. The Balaban J connectivity index is 1.84. The highest BCUT2D eigenvalue weighted by Crippen LogP contribution is 2.24. The van der Waals surface area contributed by atoms with Crippen molar-refractivity contribution < 1.29 is 13.2 Å². The predicted molar refractivity (Wildman–Crippen MR) is 92.4 cm³/mol. The molecule has 2 rings (SSSR count). The number of hydrogen-bond donors (Lipinski definition) is 2. The van der Waals surface area contributed by atoms with Gasteiger partial charge in [0.15, 0.2) is 10.1 Å². The van der Waals surface area contributed by atoms with E-state index in [1.165, 1.54) is 23.1 Å². The van der Waals surface area contributed by atoms with Gasteiger partial charge in [-0.25, -0.2) is 13.1 Å². The first-order valence-corrected chi connectivity index (χ1v) is 10.3. The van der Waals surface area contributed by atoms with Gasteiger partial charge >= 0.3 is 0 Å². The van der Waals surface area contributed by atoms with Gasteiger partial charge in [-0.15, -0.1) is 10.2 Å². The number of nitrogen functional groups attached to an aromatic ring is 1. The first-order valence-electron chi connectivity index (χ1n) is 6.62. The van der Waals surface area contributed by atoms with E-state index in [0.717, 1.165) is 11.8 Å². The summed E-state index contributed by atoms with van der Waals surface area (Å²) < 4.78 is 25.1. The summed E-state index contributed by atoms with van der Waals surface area (Å²) in [4.78, 5) is 12.1. The maximum absolute atomic E-state index is 12.1. The molecule has 1 heterocycles. The van der Waals surface area contributed by atoms with Crippen LogP contribution in [-0.4, -0.2) is 43.0 Å². The van der Waals surface area contributed by atoms with E-state index in [9.17, 15) is 13.2 Å². The average molecular weight is 372 g/mol. The van der Waals surface area contributed by atoms with Gasteiger partial charge in [0, 0.05) is 12.1 Å². The van der Waals surface area contributed by atoms with Crippen molar-refractivity contribution in [3.63, 3.8) is 0 Å². The fourth-order valence-electron chi connectivity index (χ4n) is 1.73. The summed E-state index contributed by atoms with van der Waals surface area (Å²) in [6.45, 7) is 0.334. The third-order valence-corrected chi connectivity index (χ3v) is 5.42. The number of nitrogens with zero attached hydrogens (tertiary/aromatic N) is 2. The van der Waals surface area contributed by atoms with Crippen LogP contribution in [0.15, 0.2) is 28.6 Å². The highest BCUT2D eigenvalue weighted by molar-refractivity contribution is 8.01. The van der Waals surface area contributed by atoms with Gasteiger partial charge in [-0.1, -0.05) is 47.4 Å². The molecule has 1 aromatic heterocycles. The Hall–Kier alpha value is -1.49. The Morgan fingerprint density at radius 3 is 2.57 bits per heavy atom. The number of nitrogens with two attached hydrogens (primary N) is 1. The second-order valence-electron chi connectivity index (χ2n) is 4.73. The van der Waals surface area contributed by atoms with Gasteiger partial charge in [-0.2, -0.15) is 0 Å². The van der Waals surface area contributed by atoms with E-state index in [0.29, 0.717) is 28.0 Å². The molecule has 0 aliphatic carbocycles. The minimum atomic E-state index is -3.17. The van der Waals surface area contributed by atoms with Crippen LogP contribution in [-0.2, 0) is 16.4 Å². The van der Waals surface area contributed by atoms with E-state index < -0.39 is 10.0 Å². The highest BCUT2D eigenvalue weighted by atomic mass is 32.2. The quantitative estimate of drug-likeness (QED) is 0.528. The zero-order valence-corrected chi connectivity index (χ0v) is 14.8. The predicted octanol–water partition coefficient (Wildman–Crippen LogP) is 1.19. The Labute approximate surface area is 142 Å². The molecule has 23 heavy (non-hydrogen) atoms. The minimum Gasteiger partial charge on any atom is -0.374 e. The number of anilines is 1. The Bertz CT molecular complexity index is 772. The number of thioether (sulfide) groups is 1. The second kappa shape index (κ2) is 7.86. The van der Waals surface area contributed by atoms with Crippen molar-refractivity contribution in [2.24, 2.45) is 0 Å². The third kappa shape index (κ3) is 6.26. The largest absolute Gasteiger partial charge is 0.374 e. The van der Waals surface area contributed by atoms with E-state index in [2.05, 4.69) is 14.9 Å². The van der Waals surface area contributed by atoms with Crippen LogP contribution in [0.25, 0.3) is 0 Å². The zero-order chi connectivity index (χ0) is 16.9. The number of carbonyl (C=O) groups excluding carboxylic acids is 1. The molecule has 1 aromatic carbocycles. The van der Waals surface area contributed by atoms with Crippen LogP contribution in [0.3, 0.4) is 0 Å². The van der Waals surface area contributed by atoms with Crippen molar-refractivity contribution in [3.8, 4) is 0 Å². The van der Waals surface area contributed by atoms with Crippen molar-refractivity contribution in [3.05, 3.63) is 35.4 Å². The summed E-state index contributed by atoms with van der Waals surface area (Å²) in [6, 6.07) is 7.13. The lowest BCUT2D eigenvalue weighted by Crippen LogP contribution is -2.24. The first-order chi connectivity index (χ1) is 10.8. The van der Waals surface area contributed by atoms with Crippen LogP contribution in [0.4, 0.5) is 5.13 Å². The van der Waals surface area contributed by atoms with Gasteiger partial charge < -0.3 is 5.73 Å². The molecule has 0 radical (unpaired) electrons. The smallest absolute Gasteiger partial charge is 0.208 e. The van der Waals surface area contributed by atoms with Crippen LogP contribution in [0, 0.1) is 0 Å². The van der Waals surface area contributed by atoms with Crippen LogP contribution < -0.4 is 10.5 Å². The third-order valence-electron chi connectivity index (χ3n) is 2.80. The van der Waals surface area contributed by atoms with Crippen molar-refractivity contribution in [1.29, 1.82) is 0 Å². The summed E-state index contributed by atoms with van der Waals surface area (Å²) in [7, 11) is -3.17. The molecule has 0 amide bonds. The first kappa shape index (κ1) is 17.9. The van der Waals surface area contributed by atoms with Crippen molar-refractivity contribution in [1.82, 2.24) is 14.9 Å². The fourth-order valence-corrected chi connectivity index (χ4v) is 3.73. The lowest BCUT2D eigenvalue weighted by Gasteiger charge is -2.04. The number of ketones is 1. The Kier molecular flexibility index (Phi) is 6.10. The molecule has 0 saturated carbocycles. The van der Waals surface area contributed by atoms with Crippen LogP contribution in [0.5, 0.6) is 0 Å².